The van der Waals surface area contributed by atoms with E-state index in [9.17, 15) is 0 Å². The fraction of sp³-hybridized carbons (Fsp3) is 0.615. The molecule has 5 nitrogen and oxygen atoms in total. The van der Waals surface area contributed by atoms with Gasteiger partial charge in [-0.25, -0.2) is 0 Å². The molecule has 2 rings (SSSR count). The van der Waals surface area contributed by atoms with Gasteiger partial charge >= 0.3 is 0 Å². The maximum absolute atomic E-state index is 5.41. The lowest BCUT2D eigenvalue weighted by Crippen LogP contribution is -2.48. The van der Waals surface area contributed by atoms with E-state index in [0.29, 0.717) is 6.04 Å². The van der Waals surface area contributed by atoms with Crippen molar-refractivity contribution >= 4 is 5.69 Å². The molecule has 1 aliphatic rings. The quantitative estimate of drug-likeness (QED) is 0.613. The van der Waals surface area contributed by atoms with Gasteiger partial charge in [-0.3, -0.25) is 20.6 Å². The number of aromatic nitrogens is 1. The molecule has 0 spiro atoms. The van der Waals surface area contributed by atoms with Gasteiger partial charge in [0.25, 0.3) is 0 Å². The highest BCUT2D eigenvalue weighted by Crippen LogP contribution is 2.11. The summed E-state index contributed by atoms with van der Waals surface area (Å²) in [6.45, 7) is 9.93. The summed E-state index contributed by atoms with van der Waals surface area (Å²) in [6, 6.07) is 4.53. The second-order valence-corrected chi connectivity index (χ2v) is 5.09. The van der Waals surface area contributed by atoms with E-state index < -0.39 is 0 Å². The fourth-order valence-corrected chi connectivity index (χ4v) is 2.32. The number of hydrogen-bond acceptors (Lipinski definition) is 5. The minimum atomic E-state index is 0.648. The first-order chi connectivity index (χ1) is 8.69. The maximum Gasteiger partial charge on any atom is 0.0564 e. The van der Waals surface area contributed by atoms with E-state index in [1.54, 1.807) is 6.20 Å². The number of nitrogens with one attached hydrogen (secondary N) is 1. The van der Waals surface area contributed by atoms with Crippen molar-refractivity contribution in [2.24, 2.45) is 5.84 Å². The van der Waals surface area contributed by atoms with Crippen molar-refractivity contribution in [1.82, 2.24) is 14.8 Å². The minimum absolute atomic E-state index is 0.648. The molecule has 0 radical (unpaired) electrons. The smallest absolute Gasteiger partial charge is 0.0564 e. The summed E-state index contributed by atoms with van der Waals surface area (Å²) >= 11 is 0. The molecule has 1 aliphatic heterocycles. The normalized spacial score (nSPS) is 18.2. The predicted molar refractivity (Wildman–Crippen MR) is 74.0 cm³/mol. The van der Waals surface area contributed by atoms with Crippen molar-refractivity contribution in [3.05, 3.63) is 24.0 Å². The van der Waals surface area contributed by atoms with Crippen LogP contribution in [0, 0.1) is 0 Å². The number of pyridine rings is 1. The lowest BCUT2D eigenvalue weighted by Gasteiger charge is -2.36. The molecule has 3 N–H and O–H groups in total. The Bertz CT molecular complexity index is 371. The molecule has 0 bridgehead atoms. The van der Waals surface area contributed by atoms with Crippen LogP contribution >= 0.6 is 0 Å². The Kier molecular flexibility index (Phi) is 4.52. The molecule has 1 aromatic rings. The third-order valence-corrected chi connectivity index (χ3v) is 3.51. The van der Waals surface area contributed by atoms with Crippen LogP contribution in [-0.2, 0) is 6.54 Å². The molecule has 0 saturated carbocycles. The van der Waals surface area contributed by atoms with E-state index in [2.05, 4.69) is 34.1 Å². The zero-order chi connectivity index (χ0) is 13.0. The van der Waals surface area contributed by atoms with Crippen LogP contribution in [0.5, 0.6) is 0 Å². The maximum atomic E-state index is 5.41. The Morgan fingerprint density at radius 2 is 2.06 bits per heavy atom. The van der Waals surface area contributed by atoms with Crippen LogP contribution in [0.15, 0.2) is 18.3 Å². The number of nitrogens with two attached hydrogens (primary N) is 1. The molecule has 0 aromatic carbocycles. The van der Waals surface area contributed by atoms with Crippen molar-refractivity contribution in [3.8, 4) is 0 Å². The fourth-order valence-electron chi connectivity index (χ4n) is 2.32. The molecule has 0 aliphatic carbocycles. The van der Waals surface area contributed by atoms with Crippen molar-refractivity contribution < 1.29 is 0 Å². The molecule has 0 atom stereocenters. The molecular formula is C13H23N5. The van der Waals surface area contributed by atoms with Crippen molar-refractivity contribution in [1.29, 1.82) is 0 Å². The highest BCUT2D eigenvalue weighted by Gasteiger charge is 2.18. The van der Waals surface area contributed by atoms with Crippen LogP contribution in [0.2, 0.25) is 0 Å². The average molecular weight is 249 g/mol. The van der Waals surface area contributed by atoms with E-state index >= 15 is 0 Å². The number of hydrazine groups is 1. The predicted octanol–water partition coefficient (Wildman–Crippen LogP) is 0.893. The monoisotopic (exact) mass is 249 g/mol. The molecule has 1 fully saturated rings. The Morgan fingerprint density at radius 3 is 2.67 bits per heavy atom. The van der Waals surface area contributed by atoms with Crippen molar-refractivity contribution in [2.45, 2.75) is 26.4 Å². The molecule has 1 saturated heterocycles. The van der Waals surface area contributed by atoms with Gasteiger partial charge in [-0.1, -0.05) is 0 Å². The summed E-state index contributed by atoms with van der Waals surface area (Å²) in [7, 11) is 0. The molecule has 1 aromatic heterocycles. The van der Waals surface area contributed by atoms with E-state index in [0.717, 1.165) is 44.1 Å². The van der Waals surface area contributed by atoms with Gasteiger partial charge in [0.15, 0.2) is 0 Å². The van der Waals surface area contributed by atoms with Gasteiger partial charge in [-0.15, -0.1) is 0 Å². The van der Waals surface area contributed by atoms with Crippen LogP contribution in [0.4, 0.5) is 5.69 Å². The Hall–Kier alpha value is -1.17. The van der Waals surface area contributed by atoms with Gasteiger partial charge in [0.2, 0.25) is 0 Å². The van der Waals surface area contributed by atoms with Crippen LogP contribution < -0.4 is 11.3 Å². The van der Waals surface area contributed by atoms with Gasteiger partial charge in [0.05, 0.1) is 11.4 Å². The first-order valence-electron chi connectivity index (χ1n) is 6.57. The Balaban J connectivity index is 1.87. The first kappa shape index (κ1) is 13.3. The zero-order valence-corrected chi connectivity index (χ0v) is 11.3. The number of rotatable bonds is 4. The Morgan fingerprint density at radius 1 is 1.33 bits per heavy atom. The standard InChI is InChI=1S/C13H23N5/c1-11(2)18-7-5-17(6-8-18)10-13-9-12(16-14)3-4-15-13/h3-4,9,11H,5-8,10,14H2,1-2H3,(H,15,16). The highest BCUT2D eigenvalue weighted by atomic mass is 15.3. The van der Waals surface area contributed by atoms with Crippen LogP contribution in [0.1, 0.15) is 19.5 Å². The largest absolute Gasteiger partial charge is 0.324 e. The van der Waals surface area contributed by atoms with Gasteiger partial charge < -0.3 is 5.43 Å². The third-order valence-electron chi connectivity index (χ3n) is 3.51. The average Bonchev–Trinajstić information content (AvgIpc) is 2.39. The molecule has 5 heteroatoms. The third kappa shape index (κ3) is 3.41. The van der Waals surface area contributed by atoms with Crippen LogP contribution in [0.3, 0.4) is 0 Å². The molecule has 18 heavy (non-hydrogen) atoms. The molecule has 100 valence electrons. The zero-order valence-electron chi connectivity index (χ0n) is 11.3. The summed E-state index contributed by atoms with van der Waals surface area (Å²) in [6.07, 6.45) is 1.80. The second-order valence-electron chi connectivity index (χ2n) is 5.09. The van der Waals surface area contributed by atoms with Gasteiger partial charge in [-0.05, 0) is 26.0 Å². The van der Waals surface area contributed by atoms with Gasteiger partial charge in [-0.2, -0.15) is 0 Å². The molecule has 0 unspecified atom stereocenters. The van der Waals surface area contributed by atoms with E-state index in [1.165, 1.54) is 0 Å². The Labute approximate surface area is 109 Å². The summed E-state index contributed by atoms with van der Waals surface area (Å²) in [4.78, 5) is 9.35. The summed E-state index contributed by atoms with van der Waals surface area (Å²) in [5.74, 6) is 5.41. The highest BCUT2D eigenvalue weighted by molar-refractivity contribution is 5.41. The number of piperazine rings is 1. The molecular weight excluding hydrogens is 226 g/mol. The SMILES string of the molecule is CC(C)N1CCN(Cc2cc(NN)ccn2)CC1. The van der Waals surface area contributed by atoms with Crippen LogP contribution in [0.25, 0.3) is 0 Å². The van der Waals surface area contributed by atoms with Gasteiger partial charge in [0.1, 0.15) is 0 Å². The number of hydrogen-bond donors (Lipinski definition) is 2. The number of nitrogens with zero attached hydrogens (tertiary/aromatic N) is 3. The topological polar surface area (TPSA) is 57.4 Å². The van der Waals surface area contributed by atoms with Crippen molar-refractivity contribution in [2.75, 3.05) is 31.6 Å². The van der Waals surface area contributed by atoms with E-state index in [1.807, 2.05) is 12.1 Å². The molecule has 2 heterocycles. The van der Waals surface area contributed by atoms with E-state index in [-0.39, 0.29) is 0 Å². The second kappa shape index (κ2) is 6.13. The lowest BCUT2D eigenvalue weighted by molar-refractivity contribution is 0.103. The summed E-state index contributed by atoms with van der Waals surface area (Å²) in [5, 5.41) is 0. The molecule has 0 amide bonds. The number of anilines is 1. The lowest BCUT2D eigenvalue weighted by atomic mass is 10.2. The minimum Gasteiger partial charge on any atom is -0.324 e. The van der Waals surface area contributed by atoms with Crippen LogP contribution in [-0.4, -0.2) is 47.0 Å². The van der Waals surface area contributed by atoms with Gasteiger partial charge in [0, 0.05) is 45.0 Å². The summed E-state index contributed by atoms with van der Waals surface area (Å²) < 4.78 is 0. The van der Waals surface area contributed by atoms with E-state index in [4.69, 9.17) is 5.84 Å². The number of nitrogen functional groups attached to an aromatic ring is 1. The first-order valence-corrected chi connectivity index (χ1v) is 6.57. The summed E-state index contributed by atoms with van der Waals surface area (Å²) in [5.41, 5.74) is 4.65. The van der Waals surface area contributed by atoms with Crippen molar-refractivity contribution in [3.63, 3.8) is 0 Å².